The van der Waals surface area contributed by atoms with Crippen LogP contribution in [0.2, 0.25) is 0 Å². The second-order valence-electron chi connectivity index (χ2n) is 6.56. The van der Waals surface area contributed by atoms with Gasteiger partial charge in [0, 0.05) is 26.2 Å². The number of fused-ring (bicyclic) bond motifs is 3. The number of aromatic nitrogens is 2. The lowest BCUT2D eigenvalue weighted by Crippen LogP contribution is -2.39. The van der Waals surface area contributed by atoms with Crippen molar-refractivity contribution < 1.29 is 0 Å². The minimum absolute atomic E-state index is 0. The van der Waals surface area contributed by atoms with Crippen LogP contribution >= 0.6 is 17.0 Å². The number of nitrogens with zero attached hydrogens (tertiary/aromatic N) is 4. The molecule has 4 rings (SSSR count). The zero-order valence-electron chi connectivity index (χ0n) is 13.2. The number of hydrogen-bond acceptors (Lipinski definition) is 3. The predicted molar refractivity (Wildman–Crippen MR) is 97.1 cm³/mol. The lowest BCUT2D eigenvalue weighted by molar-refractivity contribution is 0.196. The number of likely N-dealkylation sites (tertiary alicyclic amines) is 1. The molecule has 5 heteroatoms. The number of para-hydroxylation sites is 2. The number of imidazole rings is 1. The standard InChI is InChI=1S/C17H24N4.BrH/c1-14-6-8-19(9-7-14)10-11-20-12-13-21-16-5-3-2-4-15(16)18-17(20)21;/h2-5,14H,6-13H2,1H3;1H. The van der Waals surface area contributed by atoms with Crippen LogP contribution < -0.4 is 4.90 Å². The maximum absolute atomic E-state index is 4.82. The number of halogens is 1. The molecule has 4 nitrogen and oxygen atoms in total. The molecule has 0 amide bonds. The van der Waals surface area contributed by atoms with E-state index < -0.39 is 0 Å². The highest BCUT2D eigenvalue weighted by Crippen LogP contribution is 2.27. The predicted octanol–water partition coefficient (Wildman–Crippen LogP) is 3.17. The van der Waals surface area contributed by atoms with Crippen molar-refractivity contribution in [1.29, 1.82) is 0 Å². The Morgan fingerprint density at radius 1 is 1.05 bits per heavy atom. The largest absolute Gasteiger partial charge is 0.339 e. The summed E-state index contributed by atoms with van der Waals surface area (Å²) in [4.78, 5) is 9.89. The molecule has 0 saturated carbocycles. The summed E-state index contributed by atoms with van der Waals surface area (Å²) in [5.74, 6) is 2.08. The lowest BCUT2D eigenvalue weighted by atomic mass is 9.99. The SMILES string of the molecule is Br.CC1CCN(CCN2CCn3c2nc2ccccc23)CC1. The van der Waals surface area contributed by atoms with Crippen LogP contribution in [-0.2, 0) is 6.54 Å². The first-order chi connectivity index (χ1) is 10.3. The summed E-state index contributed by atoms with van der Waals surface area (Å²) in [5.41, 5.74) is 2.41. The van der Waals surface area contributed by atoms with Gasteiger partial charge >= 0.3 is 0 Å². The Hall–Kier alpha value is -1.07. The van der Waals surface area contributed by atoms with Gasteiger partial charge in [-0.3, -0.25) is 0 Å². The maximum Gasteiger partial charge on any atom is 0.206 e. The molecule has 2 aliphatic rings. The van der Waals surface area contributed by atoms with Crippen molar-refractivity contribution in [2.75, 3.05) is 37.6 Å². The van der Waals surface area contributed by atoms with E-state index in [0.717, 1.165) is 31.1 Å². The van der Waals surface area contributed by atoms with E-state index in [1.54, 1.807) is 0 Å². The summed E-state index contributed by atoms with van der Waals surface area (Å²) in [6.07, 6.45) is 2.72. The van der Waals surface area contributed by atoms with Gasteiger partial charge in [-0.05, 0) is 44.0 Å². The van der Waals surface area contributed by atoms with Gasteiger partial charge in [-0.2, -0.15) is 0 Å². The molecular formula is C17H25BrN4. The molecule has 2 aliphatic heterocycles. The quantitative estimate of drug-likeness (QED) is 0.835. The molecule has 1 fully saturated rings. The van der Waals surface area contributed by atoms with Gasteiger partial charge < -0.3 is 14.4 Å². The fourth-order valence-electron chi connectivity index (χ4n) is 3.60. The van der Waals surface area contributed by atoms with E-state index in [9.17, 15) is 0 Å². The van der Waals surface area contributed by atoms with Gasteiger partial charge in [-0.15, -0.1) is 17.0 Å². The molecule has 0 aliphatic carbocycles. The van der Waals surface area contributed by atoms with Crippen LogP contribution in [0.5, 0.6) is 0 Å². The molecule has 3 heterocycles. The molecule has 2 aromatic rings. The third-order valence-corrected chi connectivity index (χ3v) is 5.07. The Morgan fingerprint density at radius 2 is 1.82 bits per heavy atom. The molecule has 0 spiro atoms. The molecule has 0 radical (unpaired) electrons. The monoisotopic (exact) mass is 364 g/mol. The summed E-state index contributed by atoms with van der Waals surface area (Å²) in [6, 6.07) is 8.48. The molecule has 1 aromatic heterocycles. The maximum atomic E-state index is 4.82. The molecule has 120 valence electrons. The smallest absolute Gasteiger partial charge is 0.206 e. The van der Waals surface area contributed by atoms with Crippen molar-refractivity contribution >= 4 is 34.0 Å². The van der Waals surface area contributed by atoms with Crippen LogP contribution in [0.25, 0.3) is 11.0 Å². The zero-order chi connectivity index (χ0) is 14.2. The average Bonchev–Trinajstić information content (AvgIpc) is 3.06. The molecule has 0 unspecified atom stereocenters. The van der Waals surface area contributed by atoms with Crippen LogP contribution in [0.1, 0.15) is 19.8 Å². The van der Waals surface area contributed by atoms with Crippen molar-refractivity contribution in [3.05, 3.63) is 24.3 Å². The zero-order valence-corrected chi connectivity index (χ0v) is 15.0. The van der Waals surface area contributed by atoms with E-state index in [1.807, 2.05) is 0 Å². The molecule has 0 N–H and O–H groups in total. The molecule has 0 bridgehead atoms. The summed E-state index contributed by atoms with van der Waals surface area (Å²) in [5, 5.41) is 0. The van der Waals surface area contributed by atoms with Crippen LogP contribution in [0.4, 0.5) is 5.95 Å². The van der Waals surface area contributed by atoms with Crippen molar-refractivity contribution in [2.24, 2.45) is 5.92 Å². The summed E-state index contributed by atoms with van der Waals surface area (Å²) >= 11 is 0. The third-order valence-electron chi connectivity index (χ3n) is 5.07. The lowest BCUT2D eigenvalue weighted by Gasteiger charge is -2.31. The van der Waals surface area contributed by atoms with Crippen LogP contribution in [0.3, 0.4) is 0 Å². The van der Waals surface area contributed by atoms with Gasteiger partial charge in [0.15, 0.2) is 0 Å². The van der Waals surface area contributed by atoms with Crippen LogP contribution in [0, 0.1) is 5.92 Å². The molecule has 1 saturated heterocycles. The van der Waals surface area contributed by atoms with Crippen molar-refractivity contribution in [1.82, 2.24) is 14.5 Å². The highest BCUT2D eigenvalue weighted by atomic mass is 79.9. The molecule has 1 aromatic carbocycles. The number of piperidine rings is 1. The number of benzene rings is 1. The van der Waals surface area contributed by atoms with Gasteiger partial charge in [0.05, 0.1) is 11.0 Å². The van der Waals surface area contributed by atoms with E-state index in [4.69, 9.17) is 4.98 Å². The van der Waals surface area contributed by atoms with Gasteiger partial charge in [0.1, 0.15) is 0 Å². The fourth-order valence-corrected chi connectivity index (χ4v) is 3.60. The van der Waals surface area contributed by atoms with E-state index in [2.05, 4.69) is 45.6 Å². The topological polar surface area (TPSA) is 24.3 Å². The average molecular weight is 365 g/mol. The minimum Gasteiger partial charge on any atom is -0.339 e. The van der Waals surface area contributed by atoms with E-state index in [0.29, 0.717) is 0 Å². The molecule has 22 heavy (non-hydrogen) atoms. The first-order valence-corrected chi connectivity index (χ1v) is 8.24. The van der Waals surface area contributed by atoms with Gasteiger partial charge in [0.25, 0.3) is 0 Å². The van der Waals surface area contributed by atoms with Gasteiger partial charge in [0.2, 0.25) is 5.95 Å². The molecule has 0 atom stereocenters. The Kier molecular flexibility index (Phi) is 4.73. The van der Waals surface area contributed by atoms with E-state index in [-0.39, 0.29) is 17.0 Å². The number of rotatable bonds is 3. The first-order valence-electron chi connectivity index (χ1n) is 8.24. The number of anilines is 1. The van der Waals surface area contributed by atoms with Gasteiger partial charge in [-0.1, -0.05) is 19.1 Å². The van der Waals surface area contributed by atoms with Crippen LogP contribution in [-0.4, -0.2) is 47.2 Å². The Morgan fingerprint density at radius 3 is 2.64 bits per heavy atom. The third kappa shape index (κ3) is 2.88. The second kappa shape index (κ2) is 6.59. The fraction of sp³-hybridized carbons (Fsp3) is 0.588. The van der Waals surface area contributed by atoms with Crippen molar-refractivity contribution in [2.45, 2.75) is 26.3 Å². The van der Waals surface area contributed by atoms with E-state index in [1.165, 1.54) is 43.9 Å². The minimum atomic E-state index is 0. The highest BCUT2D eigenvalue weighted by molar-refractivity contribution is 8.93. The normalized spacial score (nSPS) is 19.4. The second-order valence-corrected chi connectivity index (χ2v) is 6.56. The van der Waals surface area contributed by atoms with Gasteiger partial charge in [-0.25, -0.2) is 4.98 Å². The first kappa shape index (κ1) is 15.8. The van der Waals surface area contributed by atoms with Crippen molar-refractivity contribution in [3.8, 4) is 0 Å². The van der Waals surface area contributed by atoms with E-state index >= 15 is 0 Å². The summed E-state index contributed by atoms with van der Waals surface area (Å²) in [6.45, 7) is 9.38. The Balaban J connectivity index is 0.00000144. The Labute approximate surface area is 142 Å². The molecular weight excluding hydrogens is 340 g/mol. The Bertz CT molecular complexity index is 631. The summed E-state index contributed by atoms with van der Waals surface area (Å²) in [7, 11) is 0. The van der Waals surface area contributed by atoms with Crippen molar-refractivity contribution in [3.63, 3.8) is 0 Å². The van der Waals surface area contributed by atoms with Crippen LogP contribution in [0.15, 0.2) is 24.3 Å². The number of hydrogen-bond donors (Lipinski definition) is 0. The highest BCUT2D eigenvalue weighted by Gasteiger charge is 2.24. The summed E-state index contributed by atoms with van der Waals surface area (Å²) < 4.78 is 2.37.